The van der Waals surface area contributed by atoms with Crippen LogP contribution in [-0.2, 0) is 9.53 Å². The van der Waals surface area contributed by atoms with Crippen molar-refractivity contribution in [1.82, 2.24) is 5.32 Å². The second-order valence-electron chi connectivity index (χ2n) is 1.53. The van der Waals surface area contributed by atoms with Crippen molar-refractivity contribution in [1.29, 1.82) is 0 Å². The van der Waals surface area contributed by atoms with Gasteiger partial charge in [0.15, 0.2) is 0 Å². The second-order valence-corrected chi connectivity index (χ2v) is 1.53. The molecule has 3 nitrogen and oxygen atoms in total. The summed E-state index contributed by atoms with van der Waals surface area (Å²) in [5.74, 6) is 0. The van der Waals surface area contributed by atoms with E-state index in [4.69, 9.17) is 0 Å². The first kappa shape index (κ1) is 4.59. The van der Waals surface area contributed by atoms with E-state index in [1.165, 1.54) is 0 Å². The Bertz CT molecular complexity index is 70.1. The molecule has 1 unspecified atom stereocenters. The Morgan fingerprint density at radius 3 is 3.14 bits per heavy atom. The number of ether oxygens (including phenoxy) is 1. The first-order chi connectivity index (χ1) is 3.43. The molecule has 7 heavy (non-hydrogen) atoms. The number of carbonyl (C=O) groups is 1. The lowest BCUT2D eigenvalue weighted by Crippen LogP contribution is -2.01. The van der Waals surface area contributed by atoms with Crippen LogP contribution in [0.2, 0.25) is 0 Å². The van der Waals surface area contributed by atoms with Crippen LogP contribution in [0, 0.1) is 0 Å². The molecule has 1 rings (SSSR count). The van der Waals surface area contributed by atoms with Crippen LogP contribution in [0.1, 0.15) is 0 Å². The summed E-state index contributed by atoms with van der Waals surface area (Å²) in [6.07, 6.45) is 0. The summed E-state index contributed by atoms with van der Waals surface area (Å²) in [5, 5.41) is 2.99. The van der Waals surface area contributed by atoms with Crippen molar-refractivity contribution in [3.63, 3.8) is 0 Å². The van der Waals surface area contributed by atoms with E-state index in [9.17, 15) is 4.79 Å². The lowest BCUT2D eigenvalue weighted by Gasteiger charge is -1.88. The van der Waals surface area contributed by atoms with Gasteiger partial charge in [0.05, 0.1) is 6.04 Å². The first-order valence-corrected chi connectivity index (χ1v) is 2.22. The molecule has 1 atom stereocenters. The van der Waals surface area contributed by atoms with Gasteiger partial charge in [0.2, 0.25) is 0 Å². The minimum Gasteiger partial charge on any atom is -0.466 e. The molecule has 1 aliphatic rings. The van der Waals surface area contributed by atoms with Crippen LogP contribution < -0.4 is 5.32 Å². The zero-order chi connectivity index (χ0) is 5.11. The van der Waals surface area contributed by atoms with Crippen LogP contribution in [0.4, 0.5) is 0 Å². The maximum absolute atomic E-state index is 9.49. The molecule has 0 bridgehead atoms. The fourth-order valence-corrected chi connectivity index (χ4v) is 0.357. The summed E-state index contributed by atoms with van der Waals surface area (Å²) in [6.45, 7) is 2.00. The van der Waals surface area contributed by atoms with Gasteiger partial charge in [0.1, 0.15) is 6.61 Å². The summed E-state index contributed by atoms with van der Waals surface area (Å²) < 4.78 is 4.41. The molecule has 1 heterocycles. The van der Waals surface area contributed by atoms with E-state index in [0.29, 0.717) is 19.1 Å². The summed E-state index contributed by atoms with van der Waals surface area (Å²) >= 11 is 0. The van der Waals surface area contributed by atoms with Gasteiger partial charge in [-0.2, -0.15) is 0 Å². The molecule has 0 saturated carbocycles. The molecule has 1 aliphatic heterocycles. The summed E-state index contributed by atoms with van der Waals surface area (Å²) in [6, 6.07) is 0.449. The quantitative estimate of drug-likeness (QED) is 0.371. The lowest BCUT2D eigenvalue weighted by atomic mass is 10.5. The van der Waals surface area contributed by atoms with E-state index in [1.807, 2.05) is 0 Å². The Hall–Kier alpha value is -0.570. The zero-order valence-corrected chi connectivity index (χ0v) is 3.89. The monoisotopic (exact) mass is 101 g/mol. The zero-order valence-electron chi connectivity index (χ0n) is 3.89. The highest BCUT2D eigenvalue weighted by Gasteiger charge is 2.19. The largest absolute Gasteiger partial charge is 0.466 e. The summed E-state index contributed by atoms with van der Waals surface area (Å²) in [5.41, 5.74) is 0. The van der Waals surface area contributed by atoms with Crippen LogP contribution in [-0.4, -0.2) is 25.7 Å². The summed E-state index contributed by atoms with van der Waals surface area (Å²) in [7, 11) is 0. The topological polar surface area (TPSA) is 48.2 Å². The van der Waals surface area contributed by atoms with Gasteiger partial charge >= 0.3 is 0 Å². The van der Waals surface area contributed by atoms with Crippen molar-refractivity contribution in [2.45, 2.75) is 6.04 Å². The molecular weight excluding hydrogens is 94.0 g/mol. The normalized spacial score (nSPS) is 26.6. The van der Waals surface area contributed by atoms with E-state index < -0.39 is 0 Å². The van der Waals surface area contributed by atoms with E-state index in [-0.39, 0.29) is 0 Å². The molecule has 40 valence electrons. The lowest BCUT2D eigenvalue weighted by molar-refractivity contribution is -0.128. The third kappa shape index (κ3) is 1.55. The van der Waals surface area contributed by atoms with E-state index in [2.05, 4.69) is 10.1 Å². The minimum atomic E-state index is 0.449. The first-order valence-electron chi connectivity index (χ1n) is 2.22. The van der Waals surface area contributed by atoms with Crippen molar-refractivity contribution in [2.24, 2.45) is 0 Å². The molecule has 0 radical (unpaired) electrons. The fraction of sp³-hybridized carbons (Fsp3) is 0.750. The standard InChI is InChI=1S/C4H7NO2/c6-3-7-2-4-1-5-4/h3-5H,1-2H2. The predicted octanol–water partition coefficient (Wildman–Crippen LogP) is -0.869. The molecule has 1 N–H and O–H groups in total. The van der Waals surface area contributed by atoms with Crippen LogP contribution >= 0.6 is 0 Å². The van der Waals surface area contributed by atoms with Gasteiger partial charge in [-0.15, -0.1) is 0 Å². The number of hydrogen-bond donors (Lipinski definition) is 1. The van der Waals surface area contributed by atoms with Gasteiger partial charge in [0, 0.05) is 6.54 Å². The van der Waals surface area contributed by atoms with Crippen LogP contribution in [0.5, 0.6) is 0 Å². The van der Waals surface area contributed by atoms with Crippen molar-refractivity contribution < 1.29 is 9.53 Å². The Labute approximate surface area is 41.7 Å². The Balaban J connectivity index is 1.88. The van der Waals surface area contributed by atoms with E-state index in [1.54, 1.807) is 0 Å². The van der Waals surface area contributed by atoms with E-state index in [0.717, 1.165) is 6.54 Å². The molecule has 1 saturated heterocycles. The average molecular weight is 101 g/mol. The summed E-state index contributed by atoms with van der Waals surface area (Å²) in [4.78, 5) is 9.49. The molecule has 0 aromatic rings. The second kappa shape index (κ2) is 1.93. The van der Waals surface area contributed by atoms with Gasteiger partial charge in [-0.1, -0.05) is 0 Å². The van der Waals surface area contributed by atoms with Gasteiger partial charge in [0.25, 0.3) is 6.47 Å². The van der Waals surface area contributed by atoms with Gasteiger partial charge in [-0.25, -0.2) is 0 Å². The third-order valence-corrected chi connectivity index (χ3v) is 0.858. The molecule has 0 aromatic carbocycles. The number of nitrogens with one attached hydrogen (secondary N) is 1. The van der Waals surface area contributed by atoms with Crippen molar-refractivity contribution in [3.05, 3.63) is 0 Å². The molecule has 0 spiro atoms. The van der Waals surface area contributed by atoms with Crippen LogP contribution in [0.25, 0.3) is 0 Å². The van der Waals surface area contributed by atoms with Crippen molar-refractivity contribution >= 4 is 6.47 Å². The molecule has 0 aliphatic carbocycles. The number of carbonyl (C=O) groups excluding carboxylic acids is 1. The number of hydrogen-bond acceptors (Lipinski definition) is 3. The fourth-order valence-electron chi connectivity index (χ4n) is 0.357. The molecule has 0 aromatic heterocycles. The maximum Gasteiger partial charge on any atom is 0.293 e. The predicted molar refractivity (Wildman–Crippen MR) is 23.8 cm³/mol. The number of rotatable bonds is 3. The van der Waals surface area contributed by atoms with E-state index >= 15 is 0 Å². The highest BCUT2D eigenvalue weighted by Crippen LogP contribution is 1.94. The van der Waals surface area contributed by atoms with Crippen LogP contribution in [0.15, 0.2) is 0 Å². The molecule has 0 amide bonds. The minimum absolute atomic E-state index is 0.449. The highest BCUT2D eigenvalue weighted by molar-refractivity contribution is 5.37. The van der Waals surface area contributed by atoms with Crippen LogP contribution in [0.3, 0.4) is 0 Å². The SMILES string of the molecule is O=COCC1CN1. The van der Waals surface area contributed by atoms with Gasteiger partial charge in [-0.05, 0) is 0 Å². The Morgan fingerprint density at radius 2 is 2.71 bits per heavy atom. The van der Waals surface area contributed by atoms with Gasteiger partial charge < -0.3 is 10.1 Å². The van der Waals surface area contributed by atoms with Crippen molar-refractivity contribution in [3.8, 4) is 0 Å². The third-order valence-electron chi connectivity index (χ3n) is 0.858. The Morgan fingerprint density at radius 1 is 2.00 bits per heavy atom. The molecule has 3 heteroatoms. The average Bonchev–Trinajstić information content (AvgIpc) is 2.42. The molecule has 1 fully saturated rings. The maximum atomic E-state index is 9.49. The highest BCUT2D eigenvalue weighted by atomic mass is 16.5. The smallest absolute Gasteiger partial charge is 0.293 e. The molecular formula is C4H7NO2. The van der Waals surface area contributed by atoms with Gasteiger partial charge in [-0.3, -0.25) is 4.79 Å². The van der Waals surface area contributed by atoms with Crippen molar-refractivity contribution in [2.75, 3.05) is 13.2 Å². The Kier molecular flexibility index (Phi) is 1.26.